The molecule has 0 aliphatic rings. The van der Waals surface area contributed by atoms with Gasteiger partial charge in [-0.15, -0.1) is 11.3 Å². The van der Waals surface area contributed by atoms with E-state index in [0.717, 1.165) is 11.3 Å². The number of esters is 1. The maximum Gasteiger partial charge on any atom is 0.355 e. The van der Waals surface area contributed by atoms with Gasteiger partial charge in [-0.3, -0.25) is 4.79 Å². The molecule has 0 saturated carbocycles. The summed E-state index contributed by atoms with van der Waals surface area (Å²) in [6.07, 6.45) is 2.39. The van der Waals surface area contributed by atoms with Crippen LogP contribution < -0.4 is 0 Å². The molecular weight excluding hydrogens is 360 g/mol. The van der Waals surface area contributed by atoms with Crippen LogP contribution >= 0.6 is 11.3 Å². The van der Waals surface area contributed by atoms with Crippen LogP contribution in [0.3, 0.4) is 0 Å². The number of ether oxygens (including phenoxy) is 1. The number of nitrogens with zero attached hydrogens (tertiary/aromatic N) is 1. The zero-order chi connectivity index (χ0) is 19.1. The molecule has 1 N–H and O–H groups in total. The predicted octanol–water partition coefficient (Wildman–Crippen LogP) is 3.81. The molecule has 3 rings (SSSR count). The smallest absolute Gasteiger partial charge is 0.355 e. The maximum absolute atomic E-state index is 12.7. The highest BCUT2D eigenvalue weighted by Crippen LogP contribution is 2.18. The van der Waals surface area contributed by atoms with E-state index in [1.54, 1.807) is 34.6 Å². The second kappa shape index (κ2) is 9.19. The number of thiophene rings is 1. The highest BCUT2D eigenvalue weighted by atomic mass is 32.1. The molecule has 2 aromatic heterocycles. The Kier molecular flexibility index (Phi) is 6.44. The Morgan fingerprint density at radius 3 is 2.56 bits per heavy atom. The number of carbonyl (C=O) groups excluding carboxylic acids is 2. The van der Waals surface area contributed by atoms with E-state index >= 15 is 0 Å². The zero-order valence-electron chi connectivity index (χ0n) is 15.2. The number of aromatic amines is 1. The van der Waals surface area contributed by atoms with E-state index in [0.29, 0.717) is 18.8 Å². The summed E-state index contributed by atoms with van der Waals surface area (Å²) in [5.41, 5.74) is 1.51. The number of amides is 1. The van der Waals surface area contributed by atoms with Crippen LogP contribution in [-0.4, -0.2) is 34.9 Å². The largest absolute Gasteiger partial charge is 0.451 e. The number of benzene rings is 1. The number of carbonyl (C=O) groups is 2. The van der Waals surface area contributed by atoms with E-state index < -0.39 is 5.97 Å². The second-order valence-corrected chi connectivity index (χ2v) is 7.60. The third-order valence-electron chi connectivity index (χ3n) is 4.15. The van der Waals surface area contributed by atoms with Crippen molar-refractivity contribution in [2.45, 2.75) is 19.9 Å². The van der Waals surface area contributed by atoms with Crippen molar-refractivity contribution < 1.29 is 14.3 Å². The summed E-state index contributed by atoms with van der Waals surface area (Å²) >= 11 is 1.67. The minimum Gasteiger partial charge on any atom is -0.451 e. The van der Waals surface area contributed by atoms with E-state index in [1.165, 1.54) is 10.4 Å². The molecule has 6 heteroatoms. The van der Waals surface area contributed by atoms with Crippen LogP contribution in [0.5, 0.6) is 0 Å². The van der Waals surface area contributed by atoms with Gasteiger partial charge in [0.15, 0.2) is 6.61 Å². The van der Waals surface area contributed by atoms with Crippen molar-refractivity contribution in [1.82, 2.24) is 9.88 Å². The minimum atomic E-state index is -0.525. The lowest BCUT2D eigenvalue weighted by Gasteiger charge is -2.22. The van der Waals surface area contributed by atoms with Crippen LogP contribution in [0.2, 0.25) is 0 Å². The van der Waals surface area contributed by atoms with Crippen LogP contribution in [0.15, 0.2) is 60.8 Å². The minimum absolute atomic E-state index is 0.197. The summed E-state index contributed by atoms with van der Waals surface area (Å²) < 4.78 is 5.17. The van der Waals surface area contributed by atoms with Gasteiger partial charge >= 0.3 is 5.97 Å². The molecule has 0 saturated heterocycles. The first-order valence-electron chi connectivity index (χ1n) is 8.79. The van der Waals surface area contributed by atoms with Crippen molar-refractivity contribution in [1.29, 1.82) is 0 Å². The molecular formula is C21H22N2O3S. The van der Waals surface area contributed by atoms with Gasteiger partial charge in [0.05, 0.1) is 6.54 Å². The molecule has 0 unspecified atom stereocenters. The molecule has 1 amide bonds. The van der Waals surface area contributed by atoms with Gasteiger partial charge in [0.2, 0.25) is 0 Å². The second-order valence-electron chi connectivity index (χ2n) is 6.22. The molecule has 1 aromatic carbocycles. The summed E-state index contributed by atoms with van der Waals surface area (Å²) in [7, 11) is 0. The third-order valence-corrected chi connectivity index (χ3v) is 5.14. The molecule has 3 aromatic rings. The molecule has 5 nitrogen and oxygen atoms in total. The zero-order valence-corrected chi connectivity index (χ0v) is 16.0. The molecule has 0 bridgehead atoms. The van der Waals surface area contributed by atoms with E-state index in [9.17, 15) is 9.59 Å². The molecule has 0 aliphatic carbocycles. The fourth-order valence-electron chi connectivity index (χ4n) is 2.71. The van der Waals surface area contributed by atoms with Crippen LogP contribution in [0.4, 0.5) is 0 Å². The van der Waals surface area contributed by atoms with Crippen molar-refractivity contribution in [3.8, 4) is 0 Å². The van der Waals surface area contributed by atoms with Gasteiger partial charge in [0.1, 0.15) is 5.69 Å². The summed E-state index contributed by atoms with van der Waals surface area (Å²) in [5.74, 6) is -0.722. The lowest BCUT2D eigenvalue weighted by atomic mass is 10.1. The Morgan fingerprint density at radius 2 is 1.89 bits per heavy atom. The summed E-state index contributed by atoms with van der Waals surface area (Å²) in [4.78, 5) is 31.5. The Hall–Kier alpha value is -2.86. The molecule has 0 spiro atoms. The van der Waals surface area contributed by atoms with Crippen molar-refractivity contribution in [2.24, 2.45) is 0 Å². The molecule has 0 fully saturated rings. The summed E-state index contributed by atoms with van der Waals surface area (Å²) in [6, 6.07) is 17.5. The monoisotopic (exact) mass is 382 g/mol. The first-order valence-corrected chi connectivity index (χ1v) is 9.61. The molecule has 0 aliphatic heterocycles. The highest BCUT2D eigenvalue weighted by Gasteiger charge is 2.18. The van der Waals surface area contributed by atoms with Gasteiger partial charge in [0.25, 0.3) is 5.91 Å². The normalized spacial score (nSPS) is 10.6. The number of nitrogens with one attached hydrogen (secondary N) is 1. The fraction of sp³-hybridized carbons (Fsp3) is 0.238. The number of aryl methyl sites for hydroxylation is 1. The average molecular weight is 382 g/mol. The van der Waals surface area contributed by atoms with Crippen molar-refractivity contribution in [3.05, 3.63) is 81.8 Å². The van der Waals surface area contributed by atoms with Crippen LogP contribution in [0.25, 0.3) is 0 Å². The molecule has 140 valence electrons. The van der Waals surface area contributed by atoms with E-state index in [4.69, 9.17) is 4.74 Å². The van der Waals surface area contributed by atoms with Gasteiger partial charge < -0.3 is 14.6 Å². The van der Waals surface area contributed by atoms with Crippen molar-refractivity contribution in [2.75, 3.05) is 13.2 Å². The van der Waals surface area contributed by atoms with Crippen LogP contribution in [0, 0.1) is 6.92 Å². The summed E-state index contributed by atoms with van der Waals surface area (Å²) in [6.45, 7) is 2.86. The Labute approximate surface area is 162 Å². The van der Waals surface area contributed by atoms with Crippen molar-refractivity contribution >= 4 is 23.2 Å². The van der Waals surface area contributed by atoms with E-state index in [-0.39, 0.29) is 12.5 Å². The quantitative estimate of drug-likeness (QED) is 0.603. The Bertz CT molecular complexity index is 872. The topological polar surface area (TPSA) is 62.4 Å². The fourth-order valence-corrected chi connectivity index (χ4v) is 3.62. The predicted molar refractivity (Wildman–Crippen MR) is 106 cm³/mol. The van der Waals surface area contributed by atoms with Crippen LogP contribution in [0.1, 0.15) is 25.8 Å². The van der Waals surface area contributed by atoms with E-state index in [1.807, 2.05) is 49.4 Å². The van der Waals surface area contributed by atoms with Crippen molar-refractivity contribution in [3.63, 3.8) is 0 Å². The SMILES string of the molecule is Cc1ccc(CN(CCc2ccccc2)C(=O)COC(=O)c2ccc[nH]2)s1. The number of hydrogen-bond acceptors (Lipinski definition) is 4. The number of rotatable bonds is 8. The third kappa shape index (κ3) is 5.56. The van der Waals surface area contributed by atoms with Gasteiger partial charge in [-0.1, -0.05) is 30.3 Å². The van der Waals surface area contributed by atoms with E-state index in [2.05, 4.69) is 4.98 Å². The lowest BCUT2D eigenvalue weighted by Crippen LogP contribution is -2.35. The highest BCUT2D eigenvalue weighted by molar-refractivity contribution is 7.11. The molecule has 0 radical (unpaired) electrons. The van der Waals surface area contributed by atoms with Gasteiger partial charge in [-0.25, -0.2) is 4.79 Å². The maximum atomic E-state index is 12.7. The first kappa shape index (κ1) is 18.9. The van der Waals surface area contributed by atoms with Gasteiger partial charge in [0, 0.05) is 22.5 Å². The van der Waals surface area contributed by atoms with Gasteiger partial charge in [-0.2, -0.15) is 0 Å². The first-order chi connectivity index (χ1) is 13.1. The number of aromatic nitrogens is 1. The molecule has 0 atom stereocenters. The lowest BCUT2D eigenvalue weighted by molar-refractivity contribution is -0.135. The standard InChI is InChI=1S/C21H22N2O3S/c1-16-9-10-18(27-16)14-23(13-11-17-6-3-2-4-7-17)20(24)15-26-21(25)19-8-5-12-22-19/h2-10,12,22H,11,13-15H2,1H3. The summed E-state index contributed by atoms with van der Waals surface area (Å²) in [5, 5.41) is 0. The Morgan fingerprint density at radius 1 is 1.07 bits per heavy atom. The molecule has 2 heterocycles. The number of H-pyrrole nitrogens is 1. The Balaban J connectivity index is 1.62. The van der Waals surface area contributed by atoms with Gasteiger partial charge in [-0.05, 0) is 43.2 Å². The average Bonchev–Trinajstić information content (AvgIpc) is 3.35. The van der Waals surface area contributed by atoms with Crippen LogP contribution in [-0.2, 0) is 22.5 Å². The molecule has 27 heavy (non-hydrogen) atoms. The number of hydrogen-bond donors (Lipinski definition) is 1.